The van der Waals surface area contributed by atoms with Crippen molar-refractivity contribution in [2.75, 3.05) is 5.73 Å². The molecule has 0 radical (unpaired) electrons. The van der Waals surface area contributed by atoms with E-state index in [1.807, 2.05) is 31.2 Å². The summed E-state index contributed by atoms with van der Waals surface area (Å²) in [6, 6.07) is 19.5. The molecule has 4 aromatic rings. The Hall–Kier alpha value is -3.28. The number of nitrogens with zero attached hydrogens (tertiary/aromatic N) is 2. The minimum absolute atomic E-state index is 0.0377. The number of nitrogen functional groups attached to an aromatic ring is 1. The molecular weight excluding hydrogens is 351 g/mol. The molecule has 6 heteroatoms. The lowest BCUT2D eigenvalue weighted by atomic mass is 9.97. The molecule has 0 saturated heterocycles. The summed E-state index contributed by atoms with van der Waals surface area (Å²) in [6.45, 7) is 1.86. The molecule has 0 aliphatic heterocycles. The van der Waals surface area contributed by atoms with Gasteiger partial charge in [0.15, 0.2) is 5.69 Å². The zero-order valence-electron chi connectivity index (χ0n) is 14.5. The van der Waals surface area contributed by atoms with Gasteiger partial charge in [-0.05, 0) is 41.0 Å². The third kappa shape index (κ3) is 2.93. The van der Waals surface area contributed by atoms with E-state index in [1.165, 1.54) is 0 Å². The van der Waals surface area contributed by atoms with Gasteiger partial charge in [-0.3, -0.25) is 0 Å². The number of hydrogen-bond donors (Lipinski definition) is 1. The first-order valence-electron chi connectivity index (χ1n) is 8.37. The van der Waals surface area contributed by atoms with Crippen LogP contribution in [0.25, 0.3) is 27.6 Å². The van der Waals surface area contributed by atoms with Gasteiger partial charge in [0.25, 0.3) is 0 Å². The number of aryl methyl sites for hydroxylation is 1. The highest BCUT2D eigenvalue weighted by Gasteiger charge is 2.40. The first-order chi connectivity index (χ1) is 12.9. The van der Waals surface area contributed by atoms with Crippen molar-refractivity contribution in [3.05, 3.63) is 78.0 Å². The van der Waals surface area contributed by atoms with Crippen molar-refractivity contribution in [1.82, 2.24) is 9.78 Å². The van der Waals surface area contributed by atoms with Gasteiger partial charge in [-0.1, -0.05) is 54.6 Å². The van der Waals surface area contributed by atoms with E-state index in [-0.39, 0.29) is 11.4 Å². The Morgan fingerprint density at radius 1 is 0.926 bits per heavy atom. The van der Waals surface area contributed by atoms with Gasteiger partial charge in [0.05, 0.1) is 11.3 Å². The topological polar surface area (TPSA) is 43.8 Å². The van der Waals surface area contributed by atoms with E-state index in [2.05, 4.69) is 5.10 Å². The van der Waals surface area contributed by atoms with E-state index in [0.29, 0.717) is 16.6 Å². The maximum Gasteiger partial charge on any atom is 0.435 e. The fraction of sp³-hybridized carbons (Fsp3) is 0.0952. The molecule has 0 fully saturated rings. The second kappa shape index (κ2) is 6.16. The minimum atomic E-state index is -4.63. The van der Waals surface area contributed by atoms with Crippen LogP contribution in [0.5, 0.6) is 0 Å². The molecule has 0 unspecified atom stereocenters. The number of anilines is 1. The van der Waals surface area contributed by atoms with E-state index in [9.17, 15) is 13.2 Å². The second-order valence-electron chi connectivity index (χ2n) is 6.38. The van der Waals surface area contributed by atoms with Gasteiger partial charge in [0.1, 0.15) is 5.82 Å². The molecule has 0 bridgehead atoms. The lowest BCUT2D eigenvalue weighted by molar-refractivity contribution is -0.140. The molecular formula is C21H16F3N3. The molecule has 0 atom stereocenters. The third-order valence-electron chi connectivity index (χ3n) is 4.49. The highest BCUT2D eigenvalue weighted by Crippen LogP contribution is 2.42. The summed E-state index contributed by atoms with van der Waals surface area (Å²) in [6.07, 6.45) is -4.63. The average Bonchev–Trinajstić information content (AvgIpc) is 2.99. The predicted molar refractivity (Wildman–Crippen MR) is 101 cm³/mol. The molecule has 3 aromatic carbocycles. The maximum atomic E-state index is 13.8. The van der Waals surface area contributed by atoms with E-state index >= 15 is 0 Å². The lowest BCUT2D eigenvalue weighted by Gasteiger charge is -2.10. The maximum absolute atomic E-state index is 13.8. The summed E-state index contributed by atoms with van der Waals surface area (Å²) in [5.41, 5.74) is 6.93. The van der Waals surface area contributed by atoms with Crippen molar-refractivity contribution in [3.8, 4) is 16.8 Å². The van der Waals surface area contributed by atoms with Crippen LogP contribution >= 0.6 is 0 Å². The number of hydrogen-bond acceptors (Lipinski definition) is 2. The minimum Gasteiger partial charge on any atom is -0.383 e. The van der Waals surface area contributed by atoms with Gasteiger partial charge >= 0.3 is 6.18 Å². The van der Waals surface area contributed by atoms with E-state index < -0.39 is 11.9 Å². The van der Waals surface area contributed by atoms with Gasteiger partial charge in [-0.2, -0.15) is 18.3 Å². The van der Waals surface area contributed by atoms with Crippen LogP contribution in [-0.4, -0.2) is 9.78 Å². The number of fused-ring (bicyclic) bond motifs is 1. The van der Waals surface area contributed by atoms with Crippen LogP contribution in [0.4, 0.5) is 19.0 Å². The van der Waals surface area contributed by atoms with Crippen LogP contribution in [-0.2, 0) is 6.18 Å². The fourth-order valence-electron chi connectivity index (χ4n) is 3.29. The first-order valence-corrected chi connectivity index (χ1v) is 8.37. The van der Waals surface area contributed by atoms with Crippen molar-refractivity contribution in [2.24, 2.45) is 0 Å². The normalized spacial score (nSPS) is 11.9. The Kier molecular flexibility index (Phi) is 3.91. The monoisotopic (exact) mass is 367 g/mol. The zero-order valence-corrected chi connectivity index (χ0v) is 14.5. The smallest absolute Gasteiger partial charge is 0.383 e. The van der Waals surface area contributed by atoms with E-state index in [0.717, 1.165) is 15.6 Å². The number of halogens is 3. The number of rotatable bonds is 2. The van der Waals surface area contributed by atoms with Crippen molar-refractivity contribution >= 4 is 16.6 Å². The molecule has 0 spiro atoms. The molecule has 4 rings (SSSR count). The molecule has 0 saturated carbocycles. The number of alkyl halides is 3. The van der Waals surface area contributed by atoms with Crippen molar-refractivity contribution in [3.63, 3.8) is 0 Å². The van der Waals surface area contributed by atoms with Crippen molar-refractivity contribution in [2.45, 2.75) is 13.1 Å². The van der Waals surface area contributed by atoms with Gasteiger partial charge in [0, 0.05) is 0 Å². The number of nitrogens with two attached hydrogens (primary N) is 1. The summed E-state index contributed by atoms with van der Waals surface area (Å²) in [5.74, 6) is -0.0377. The summed E-state index contributed by atoms with van der Waals surface area (Å²) in [7, 11) is 0. The molecule has 0 aliphatic carbocycles. The Morgan fingerprint density at radius 3 is 2.37 bits per heavy atom. The quantitative estimate of drug-likeness (QED) is 0.501. The van der Waals surface area contributed by atoms with Gasteiger partial charge < -0.3 is 5.73 Å². The molecule has 3 nitrogen and oxygen atoms in total. The summed E-state index contributed by atoms with van der Waals surface area (Å²) < 4.78 is 42.5. The molecule has 0 amide bonds. The van der Waals surface area contributed by atoms with Gasteiger partial charge in [-0.15, -0.1) is 0 Å². The molecule has 0 aliphatic rings. The Morgan fingerprint density at radius 2 is 1.63 bits per heavy atom. The number of benzene rings is 3. The van der Waals surface area contributed by atoms with Gasteiger partial charge in [-0.25, -0.2) is 4.68 Å². The Bertz CT molecular complexity index is 1140. The Labute approximate surface area is 153 Å². The van der Waals surface area contributed by atoms with Gasteiger partial charge in [0.2, 0.25) is 0 Å². The van der Waals surface area contributed by atoms with Crippen LogP contribution < -0.4 is 5.73 Å². The predicted octanol–water partition coefficient (Wildman–Crippen LogP) is 5.60. The zero-order chi connectivity index (χ0) is 19.2. The van der Waals surface area contributed by atoms with Crippen LogP contribution in [0.1, 0.15) is 11.3 Å². The lowest BCUT2D eigenvalue weighted by Crippen LogP contribution is -2.08. The second-order valence-corrected chi connectivity index (χ2v) is 6.38. The molecule has 1 heterocycles. The van der Waals surface area contributed by atoms with Crippen LogP contribution in [0, 0.1) is 6.92 Å². The largest absolute Gasteiger partial charge is 0.435 e. The highest BCUT2D eigenvalue weighted by atomic mass is 19.4. The van der Waals surface area contributed by atoms with Crippen molar-refractivity contribution in [1.29, 1.82) is 0 Å². The molecule has 2 N–H and O–H groups in total. The standard InChI is InChI=1S/C21H16F3N3/c1-13-6-4-9-15(12-13)27-20(25)18(19(26-27)21(22,23)24)17-11-5-8-14-7-2-3-10-16(14)17/h2-12H,25H2,1H3. The third-order valence-corrected chi connectivity index (χ3v) is 4.49. The first kappa shape index (κ1) is 17.1. The molecule has 1 aromatic heterocycles. The van der Waals surface area contributed by atoms with Crippen molar-refractivity contribution < 1.29 is 13.2 Å². The summed E-state index contributed by atoms with van der Waals surface area (Å²) >= 11 is 0. The Balaban J connectivity index is 2.05. The summed E-state index contributed by atoms with van der Waals surface area (Å²) in [5, 5.41) is 5.38. The highest BCUT2D eigenvalue weighted by molar-refractivity contribution is 5.99. The number of aromatic nitrogens is 2. The van der Waals surface area contributed by atoms with Crippen LogP contribution in [0.2, 0.25) is 0 Å². The summed E-state index contributed by atoms with van der Waals surface area (Å²) in [4.78, 5) is 0. The fourth-order valence-corrected chi connectivity index (χ4v) is 3.29. The average molecular weight is 367 g/mol. The van der Waals surface area contributed by atoms with Crippen LogP contribution in [0.15, 0.2) is 66.7 Å². The van der Waals surface area contributed by atoms with E-state index in [1.54, 1.807) is 42.5 Å². The molecule has 27 heavy (non-hydrogen) atoms. The molecule has 136 valence electrons. The van der Waals surface area contributed by atoms with E-state index in [4.69, 9.17) is 5.73 Å². The SMILES string of the molecule is Cc1cccc(-n2nc(C(F)(F)F)c(-c3cccc4ccccc34)c2N)c1. The van der Waals surface area contributed by atoms with Crippen LogP contribution in [0.3, 0.4) is 0 Å².